The molecule has 16 aromatic carbocycles. The molecule has 0 spiro atoms. The van der Waals surface area contributed by atoms with E-state index in [0.29, 0.717) is 0 Å². The highest BCUT2D eigenvalue weighted by Crippen LogP contribution is 2.20. The van der Waals surface area contributed by atoms with Gasteiger partial charge in [-0.15, -0.1) is 0 Å². The van der Waals surface area contributed by atoms with E-state index in [1.807, 2.05) is 0 Å². The van der Waals surface area contributed by atoms with Gasteiger partial charge < -0.3 is 0 Å². The minimum absolute atomic E-state index is 1.31. The van der Waals surface area contributed by atoms with E-state index in [1.54, 1.807) is 0 Å². The molecule has 0 aliphatic heterocycles. The predicted octanol–water partition coefficient (Wildman–Crippen LogP) is 8.57. The zero-order chi connectivity index (χ0) is 67.8. The minimum Gasteiger partial charge on any atom is -0.0623 e. The first-order valence-electron chi connectivity index (χ1n) is 35.2. The lowest BCUT2D eigenvalue weighted by atomic mass is 10.3. The van der Waals surface area contributed by atoms with E-state index in [1.165, 1.54) is 104 Å². The maximum Gasteiger partial charge on any atom is 0.179 e. The van der Waals surface area contributed by atoms with Gasteiger partial charge in [-0.1, -0.05) is 461 Å². The van der Waals surface area contributed by atoms with Crippen molar-refractivity contribution in [3.63, 3.8) is 0 Å². The monoisotopic (exact) mass is 1370 g/mol. The fraction of sp³-hybridized carbons (Fsp3) is 0. The SMILES string of the molecule is c1ccc([Si](c2ccccc2)(c2ccccc2)c2cc([Si](c3ccccc3)(c3ccccc3)c3ccccc3)cc([Si](c3ccccc3)(c3ccccc3)c3cc([Si](c4ccccc4)(c4ccccc4)c4ccccc4)cc([Si](c4ccccc4)(c4ccccc4)c4ccccc4)c3)c2)cc1. The average molecular weight is 1370 g/mol. The van der Waals surface area contributed by atoms with Crippen LogP contribution in [0.5, 0.6) is 0 Å². The molecule has 0 saturated carbocycles. The van der Waals surface area contributed by atoms with Gasteiger partial charge in [-0.2, -0.15) is 0 Å². The summed E-state index contributed by atoms with van der Waals surface area (Å²) in [6.45, 7) is 0. The molecule has 0 aliphatic carbocycles. The summed E-state index contributed by atoms with van der Waals surface area (Å²) < 4.78 is 0. The molecular weight excluding hydrogens is 1290 g/mol. The van der Waals surface area contributed by atoms with Crippen LogP contribution in [0.2, 0.25) is 0 Å². The molecule has 0 unspecified atom stereocenters. The molecule has 0 aliphatic rings. The van der Waals surface area contributed by atoms with E-state index < -0.39 is 40.4 Å². The second kappa shape index (κ2) is 28.4. The topological polar surface area (TPSA) is 0 Å². The van der Waals surface area contributed by atoms with Crippen LogP contribution in [-0.4, -0.2) is 40.4 Å². The van der Waals surface area contributed by atoms with Crippen LogP contribution in [-0.2, 0) is 0 Å². The van der Waals surface area contributed by atoms with Crippen molar-refractivity contribution < 1.29 is 0 Å². The van der Waals surface area contributed by atoms with Gasteiger partial charge in [0.15, 0.2) is 40.4 Å². The predicted molar refractivity (Wildman–Crippen MR) is 445 cm³/mol. The number of benzene rings is 16. The van der Waals surface area contributed by atoms with Crippen LogP contribution in [0.25, 0.3) is 0 Å². The first kappa shape index (κ1) is 64.3. The molecule has 0 aromatic heterocycles. The Morgan fingerprint density at radius 3 is 0.228 bits per heavy atom. The smallest absolute Gasteiger partial charge is 0.0623 e. The Kier molecular flexibility index (Phi) is 18.1. The molecule has 0 N–H and O–H groups in total. The Balaban J connectivity index is 1.19. The largest absolute Gasteiger partial charge is 0.179 e. The molecule has 0 heterocycles. The highest BCUT2D eigenvalue weighted by atomic mass is 28.3. The maximum atomic E-state index is 2.79. The summed E-state index contributed by atoms with van der Waals surface area (Å²) in [5, 5.41) is 26.6. The molecule has 0 saturated heterocycles. The Morgan fingerprint density at radius 2 is 0.149 bits per heavy atom. The molecule has 480 valence electrons. The number of rotatable bonds is 20. The molecule has 0 fully saturated rings. The molecule has 16 aromatic rings. The normalized spacial score (nSPS) is 12.0. The quantitative estimate of drug-likeness (QED) is 0.0531. The van der Waals surface area contributed by atoms with Gasteiger partial charge in [0, 0.05) is 0 Å². The summed E-state index contributed by atoms with van der Waals surface area (Å²) in [5.41, 5.74) is 0. The molecule has 16 rings (SSSR count). The lowest BCUT2D eigenvalue weighted by molar-refractivity contribution is 1.64. The van der Waals surface area contributed by atoms with Gasteiger partial charge in [0.1, 0.15) is 0 Å². The average Bonchev–Trinajstić information content (AvgIpc) is 0.689. The Hall–Kier alpha value is -11.4. The second-order valence-corrected chi connectivity index (χ2v) is 45.5. The highest BCUT2D eigenvalue weighted by molar-refractivity contribution is 7.26. The summed E-state index contributed by atoms with van der Waals surface area (Å²) in [5.74, 6) is 0. The van der Waals surface area contributed by atoms with Gasteiger partial charge >= 0.3 is 0 Å². The molecule has 0 amide bonds. The van der Waals surface area contributed by atoms with Crippen molar-refractivity contribution in [1.82, 2.24) is 0 Å². The molecule has 0 nitrogen and oxygen atoms in total. The first-order valence-corrected chi connectivity index (χ1v) is 45.2. The molecule has 0 bridgehead atoms. The number of hydrogen-bond donors (Lipinski definition) is 0. The van der Waals surface area contributed by atoms with Crippen LogP contribution in [0.4, 0.5) is 0 Å². The van der Waals surface area contributed by atoms with Gasteiger partial charge in [0.2, 0.25) is 0 Å². The third-order valence-electron chi connectivity index (χ3n) is 21.4. The van der Waals surface area contributed by atoms with Gasteiger partial charge in [-0.25, -0.2) is 0 Å². The van der Waals surface area contributed by atoms with E-state index in [0.717, 1.165) is 0 Å². The van der Waals surface area contributed by atoms with E-state index >= 15 is 0 Å². The molecular formula is C96H76Si5. The molecule has 0 radical (unpaired) electrons. The van der Waals surface area contributed by atoms with Gasteiger partial charge in [-0.3, -0.25) is 0 Å². The van der Waals surface area contributed by atoms with E-state index in [4.69, 9.17) is 0 Å². The number of hydrogen-bond acceptors (Lipinski definition) is 0. The summed E-state index contributed by atoms with van der Waals surface area (Å²) in [7, 11) is -17.5. The third-order valence-corrected chi connectivity index (χ3v) is 45.1. The van der Waals surface area contributed by atoms with Crippen molar-refractivity contribution in [2.45, 2.75) is 0 Å². The van der Waals surface area contributed by atoms with Gasteiger partial charge in [-0.05, 0) is 104 Å². The van der Waals surface area contributed by atoms with Crippen molar-refractivity contribution >= 4 is 144 Å². The van der Waals surface area contributed by atoms with Crippen molar-refractivity contribution in [1.29, 1.82) is 0 Å². The fourth-order valence-electron chi connectivity index (χ4n) is 17.2. The standard InChI is InChI=1S/C96H76Si5/c1-15-43-77(44-16-1)97(78-45-17-2-18-46-78,79-47-19-3-20-48-79)91-71-92(98(80-49-21-4-22-50-80,81-51-23-5-24-52-81)82-53-25-6-26-54-82)74-95(73-91)101(89-67-39-13-40-68-89,90-69-41-14-42-70-90)96-75-93(99(83-55-27-7-28-56-83,84-57-29-8-30-58-84)85-59-31-9-32-60-85)72-94(76-96)100(86-61-33-10-34-62-86,87-63-35-11-36-64-87)88-65-37-12-38-66-88/h1-76H. The minimum atomic E-state index is -3.86. The van der Waals surface area contributed by atoms with Crippen LogP contribution in [0.15, 0.2) is 461 Å². The maximum absolute atomic E-state index is 3.86. The van der Waals surface area contributed by atoms with Crippen molar-refractivity contribution in [3.05, 3.63) is 461 Å². The van der Waals surface area contributed by atoms with E-state index in [9.17, 15) is 0 Å². The lowest BCUT2D eigenvalue weighted by Crippen LogP contribution is -2.82. The van der Waals surface area contributed by atoms with E-state index in [2.05, 4.69) is 461 Å². The fourth-order valence-corrected chi connectivity index (χ4v) is 42.2. The summed E-state index contributed by atoms with van der Waals surface area (Å²) in [6.07, 6.45) is 0. The summed E-state index contributed by atoms with van der Waals surface area (Å²) >= 11 is 0. The van der Waals surface area contributed by atoms with Gasteiger partial charge in [0.05, 0.1) is 0 Å². The highest BCUT2D eigenvalue weighted by Gasteiger charge is 2.52. The Labute approximate surface area is 600 Å². The van der Waals surface area contributed by atoms with Gasteiger partial charge in [0.25, 0.3) is 0 Å². The van der Waals surface area contributed by atoms with Crippen LogP contribution < -0.4 is 104 Å². The zero-order valence-corrected chi connectivity index (χ0v) is 61.4. The van der Waals surface area contributed by atoms with Crippen molar-refractivity contribution in [2.24, 2.45) is 0 Å². The molecule has 101 heavy (non-hydrogen) atoms. The van der Waals surface area contributed by atoms with Crippen LogP contribution in [0.3, 0.4) is 0 Å². The van der Waals surface area contributed by atoms with E-state index in [-0.39, 0.29) is 0 Å². The first-order chi connectivity index (χ1) is 50.1. The second-order valence-electron chi connectivity index (χ2n) is 26.5. The third kappa shape index (κ3) is 11.1. The Bertz CT molecular complexity index is 4320. The van der Waals surface area contributed by atoms with Crippen molar-refractivity contribution in [2.75, 3.05) is 0 Å². The summed E-state index contributed by atoms with van der Waals surface area (Å²) in [6, 6.07) is 180. The van der Waals surface area contributed by atoms with Crippen LogP contribution in [0.1, 0.15) is 0 Å². The van der Waals surface area contributed by atoms with Crippen molar-refractivity contribution in [3.8, 4) is 0 Å². The molecule has 5 heteroatoms. The van der Waals surface area contributed by atoms with Crippen LogP contribution in [0, 0.1) is 0 Å². The lowest BCUT2D eigenvalue weighted by Gasteiger charge is -2.43. The van der Waals surface area contributed by atoms with Crippen LogP contribution >= 0.6 is 0 Å². The zero-order valence-electron chi connectivity index (χ0n) is 56.4. The molecule has 0 atom stereocenters. The summed E-state index contributed by atoms with van der Waals surface area (Å²) in [4.78, 5) is 0. The Morgan fingerprint density at radius 1 is 0.0792 bits per heavy atom.